The Balaban J connectivity index is 2.72. The molecule has 0 amide bonds. The number of thiophene rings is 1. The molecule has 0 bridgehead atoms. The fourth-order valence-corrected chi connectivity index (χ4v) is 1.96. The number of halogens is 1. The number of esters is 1. The fraction of sp³-hybridized carbons (Fsp3) is 0.444. The van der Waals surface area contributed by atoms with Crippen molar-refractivity contribution in [3.63, 3.8) is 0 Å². The number of alkyl halides is 1. The molecule has 0 saturated heterocycles. The molecule has 0 spiro atoms. The first-order valence-corrected chi connectivity index (χ1v) is 5.03. The summed E-state index contributed by atoms with van der Waals surface area (Å²) in [6, 6.07) is 3.16. The lowest BCUT2D eigenvalue weighted by molar-refractivity contribution is 0.0606. The van der Waals surface area contributed by atoms with E-state index in [2.05, 4.69) is 4.74 Å². The molecular formula is C9H12FNO2S. The Bertz CT molecular complexity index is 314. The molecule has 14 heavy (non-hydrogen) atoms. The Hall–Kier alpha value is -0.940. The van der Waals surface area contributed by atoms with Gasteiger partial charge in [-0.05, 0) is 25.1 Å². The van der Waals surface area contributed by atoms with Crippen LogP contribution in [0.25, 0.3) is 0 Å². The van der Waals surface area contributed by atoms with Crippen LogP contribution in [0.15, 0.2) is 12.1 Å². The highest BCUT2D eigenvalue weighted by Gasteiger charge is 2.15. The number of hydrogen-bond acceptors (Lipinski definition) is 4. The van der Waals surface area contributed by atoms with Gasteiger partial charge < -0.3 is 10.5 Å². The van der Waals surface area contributed by atoms with Crippen LogP contribution in [-0.2, 0) is 4.74 Å². The Kier molecular flexibility index (Phi) is 4.03. The van der Waals surface area contributed by atoms with Crippen LogP contribution in [0.4, 0.5) is 4.39 Å². The van der Waals surface area contributed by atoms with Gasteiger partial charge in [-0.1, -0.05) is 0 Å². The molecule has 0 aliphatic heterocycles. The molecule has 0 fully saturated rings. The van der Waals surface area contributed by atoms with Gasteiger partial charge in [-0.15, -0.1) is 11.3 Å². The van der Waals surface area contributed by atoms with Crippen LogP contribution in [-0.4, -0.2) is 19.6 Å². The first kappa shape index (κ1) is 11.1. The minimum absolute atomic E-state index is 0.279. The Morgan fingerprint density at radius 1 is 1.71 bits per heavy atom. The lowest BCUT2D eigenvalue weighted by Gasteiger charge is -2.01. The lowest BCUT2D eigenvalue weighted by Crippen LogP contribution is -2.02. The Morgan fingerprint density at radius 3 is 3.00 bits per heavy atom. The molecule has 0 radical (unpaired) electrons. The van der Waals surface area contributed by atoms with E-state index in [0.29, 0.717) is 16.3 Å². The van der Waals surface area contributed by atoms with E-state index in [-0.39, 0.29) is 6.42 Å². The second-order valence-corrected chi connectivity index (χ2v) is 3.85. The van der Waals surface area contributed by atoms with Crippen molar-refractivity contribution >= 4 is 17.3 Å². The monoisotopic (exact) mass is 217 g/mol. The average molecular weight is 217 g/mol. The van der Waals surface area contributed by atoms with Gasteiger partial charge in [-0.3, -0.25) is 0 Å². The summed E-state index contributed by atoms with van der Waals surface area (Å²) >= 11 is 1.11. The summed E-state index contributed by atoms with van der Waals surface area (Å²) < 4.78 is 17.8. The average Bonchev–Trinajstić information content (AvgIpc) is 2.66. The second kappa shape index (κ2) is 5.07. The zero-order valence-electron chi connectivity index (χ0n) is 7.83. The molecule has 0 aliphatic carbocycles. The quantitative estimate of drug-likeness (QED) is 0.783. The normalized spacial score (nSPS) is 12.5. The number of rotatable bonds is 4. The minimum Gasteiger partial charge on any atom is -0.465 e. The van der Waals surface area contributed by atoms with Crippen molar-refractivity contribution in [3.8, 4) is 0 Å². The van der Waals surface area contributed by atoms with E-state index in [1.807, 2.05) is 0 Å². The maximum absolute atomic E-state index is 13.3. The molecule has 0 aliphatic rings. The molecule has 0 saturated carbocycles. The topological polar surface area (TPSA) is 52.3 Å². The number of nitrogens with two attached hydrogens (primary N) is 1. The SMILES string of the molecule is COC(=O)c1ccc(C(F)CCN)s1. The molecule has 0 aromatic carbocycles. The molecular weight excluding hydrogens is 205 g/mol. The first-order valence-electron chi connectivity index (χ1n) is 4.21. The van der Waals surface area contributed by atoms with Crippen molar-refractivity contribution in [2.45, 2.75) is 12.6 Å². The molecule has 1 aromatic rings. The van der Waals surface area contributed by atoms with Crippen LogP contribution in [0.5, 0.6) is 0 Å². The van der Waals surface area contributed by atoms with Gasteiger partial charge in [-0.2, -0.15) is 0 Å². The first-order chi connectivity index (χ1) is 6.69. The number of ether oxygens (including phenoxy) is 1. The molecule has 5 heteroatoms. The van der Waals surface area contributed by atoms with Crippen LogP contribution in [0, 0.1) is 0 Å². The van der Waals surface area contributed by atoms with Gasteiger partial charge in [0.05, 0.1) is 7.11 Å². The van der Waals surface area contributed by atoms with Crippen LogP contribution < -0.4 is 5.73 Å². The summed E-state index contributed by atoms with van der Waals surface area (Å²) in [5.41, 5.74) is 5.23. The second-order valence-electron chi connectivity index (χ2n) is 2.74. The molecule has 1 heterocycles. The third-order valence-corrected chi connectivity index (χ3v) is 2.89. The summed E-state index contributed by atoms with van der Waals surface area (Å²) in [5, 5.41) is 0. The molecule has 1 unspecified atom stereocenters. The molecule has 2 N–H and O–H groups in total. The molecule has 1 rings (SSSR count). The van der Waals surface area contributed by atoms with Crippen LogP contribution >= 0.6 is 11.3 Å². The van der Waals surface area contributed by atoms with Gasteiger partial charge in [0.2, 0.25) is 0 Å². The van der Waals surface area contributed by atoms with Gasteiger partial charge in [-0.25, -0.2) is 9.18 Å². The zero-order chi connectivity index (χ0) is 10.6. The summed E-state index contributed by atoms with van der Waals surface area (Å²) in [4.78, 5) is 12.0. The highest BCUT2D eigenvalue weighted by molar-refractivity contribution is 7.14. The number of methoxy groups -OCH3 is 1. The van der Waals surface area contributed by atoms with Crippen molar-refractivity contribution in [3.05, 3.63) is 21.9 Å². The largest absolute Gasteiger partial charge is 0.465 e. The van der Waals surface area contributed by atoms with E-state index >= 15 is 0 Å². The third kappa shape index (κ3) is 2.52. The predicted molar refractivity (Wildman–Crippen MR) is 53.2 cm³/mol. The van der Waals surface area contributed by atoms with E-state index in [4.69, 9.17) is 5.73 Å². The van der Waals surface area contributed by atoms with Gasteiger partial charge in [0, 0.05) is 4.88 Å². The third-order valence-electron chi connectivity index (χ3n) is 1.74. The van der Waals surface area contributed by atoms with Crippen LogP contribution in [0.1, 0.15) is 27.1 Å². The lowest BCUT2D eigenvalue weighted by atomic mass is 10.2. The van der Waals surface area contributed by atoms with E-state index in [9.17, 15) is 9.18 Å². The Labute approximate surface area is 85.7 Å². The van der Waals surface area contributed by atoms with E-state index in [1.165, 1.54) is 7.11 Å². The molecule has 78 valence electrons. The predicted octanol–water partition coefficient (Wildman–Crippen LogP) is 1.89. The van der Waals surface area contributed by atoms with E-state index < -0.39 is 12.1 Å². The van der Waals surface area contributed by atoms with Gasteiger partial charge >= 0.3 is 5.97 Å². The van der Waals surface area contributed by atoms with Crippen molar-refractivity contribution in [2.24, 2.45) is 5.73 Å². The molecule has 1 aromatic heterocycles. The maximum Gasteiger partial charge on any atom is 0.348 e. The van der Waals surface area contributed by atoms with Crippen molar-refractivity contribution in [2.75, 3.05) is 13.7 Å². The molecule has 3 nitrogen and oxygen atoms in total. The summed E-state index contributed by atoms with van der Waals surface area (Å²) in [6.45, 7) is 0.298. The minimum atomic E-state index is -1.08. The molecule has 1 atom stereocenters. The number of carbonyl (C=O) groups excluding carboxylic acids is 1. The number of hydrogen-bond donors (Lipinski definition) is 1. The smallest absolute Gasteiger partial charge is 0.348 e. The van der Waals surface area contributed by atoms with Gasteiger partial charge in [0.15, 0.2) is 0 Å². The van der Waals surface area contributed by atoms with Crippen LogP contribution in [0.3, 0.4) is 0 Å². The van der Waals surface area contributed by atoms with E-state index in [0.717, 1.165) is 11.3 Å². The fourth-order valence-electron chi connectivity index (χ4n) is 1.02. The van der Waals surface area contributed by atoms with Crippen LogP contribution in [0.2, 0.25) is 0 Å². The standard InChI is InChI=1S/C9H12FNO2S/c1-13-9(12)8-3-2-7(14-8)6(10)4-5-11/h2-3,6H,4-5,11H2,1H3. The summed E-state index contributed by atoms with van der Waals surface area (Å²) in [5.74, 6) is -0.429. The van der Waals surface area contributed by atoms with Crippen molar-refractivity contribution < 1.29 is 13.9 Å². The highest BCUT2D eigenvalue weighted by Crippen LogP contribution is 2.28. The van der Waals surface area contributed by atoms with Crippen molar-refractivity contribution in [1.82, 2.24) is 0 Å². The van der Waals surface area contributed by atoms with E-state index in [1.54, 1.807) is 12.1 Å². The van der Waals surface area contributed by atoms with Gasteiger partial charge in [0.1, 0.15) is 11.0 Å². The van der Waals surface area contributed by atoms with Crippen molar-refractivity contribution in [1.29, 1.82) is 0 Å². The summed E-state index contributed by atoms with van der Waals surface area (Å²) in [7, 11) is 1.30. The maximum atomic E-state index is 13.3. The number of carbonyl (C=O) groups is 1. The van der Waals surface area contributed by atoms with Gasteiger partial charge in [0.25, 0.3) is 0 Å². The zero-order valence-corrected chi connectivity index (χ0v) is 8.64. The highest BCUT2D eigenvalue weighted by atomic mass is 32.1. The Morgan fingerprint density at radius 2 is 2.43 bits per heavy atom. The summed E-state index contributed by atoms with van der Waals surface area (Å²) in [6.07, 6.45) is -0.801.